The van der Waals surface area contributed by atoms with E-state index in [1.165, 1.54) is 16.5 Å². The van der Waals surface area contributed by atoms with Crippen molar-refractivity contribution in [3.8, 4) is 0 Å². The van der Waals surface area contributed by atoms with Gasteiger partial charge >= 0.3 is 0 Å². The van der Waals surface area contributed by atoms with Gasteiger partial charge in [0.2, 0.25) is 0 Å². The third-order valence-electron chi connectivity index (χ3n) is 2.63. The van der Waals surface area contributed by atoms with Gasteiger partial charge in [-0.3, -0.25) is 4.98 Å². The number of hydrogen-bond donors (Lipinski definition) is 0. The largest absolute Gasteiger partial charge is 0.256 e. The second-order valence-corrected chi connectivity index (χ2v) is 4.03. The molecule has 0 aliphatic carbocycles. The van der Waals surface area contributed by atoms with E-state index in [9.17, 15) is 0 Å². The summed E-state index contributed by atoms with van der Waals surface area (Å²) in [5.74, 6) is 0.558. The van der Waals surface area contributed by atoms with E-state index in [-0.39, 0.29) is 0 Å². The molecule has 0 N–H and O–H groups in total. The van der Waals surface area contributed by atoms with Crippen LogP contribution in [0, 0.1) is 6.92 Å². The van der Waals surface area contributed by atoms with Gasteiger partial charge < -0.3 is 0 Å². The van der Waals surface area contributed by atoms with E-state index >= 15 is 0 Å². The van der Waals surface area contributed by atoms with Crippen LogP contribution in [0.2, 0.25) is 0 Å². The van der Waals surface area contributed by atoms with Gasteiger partial charge in [0.25, 0.3) is 0 Å². The second kappa shape index (κ2) is 5.64. The van der Waals surface area contributed by atoms with Gasteiger partial charge in [0, 0.05) is 11.6 Å². The van der Waals surface area contributed by atoms with Gasteiger partial charge in [-0.05, 0) is 30.0 Å². The number of aryl methyl sites for hydroxylation is 1. The summed E-state index contributed by atoms with van der Waals surface area (Å²) in [7, 11) is 0. The fraction of sp³-hybridized carbons (Fsp3) is 0.400. The van der Waals surface area contributed by atoms with Gasteiger partial charge in [-0.15, -0.1) is 0 Å². The summed E-state index contributed by atoms with van der Waals surface area (Å²) >= 11 is 0. The fourth-order valence-electron chi connectivity index (χ4n) is 1.85. The molecule has 1 aromatic carbocycles. The Morgan fingerprint density at radius 2 is 1.75 bits per heavy atom. The first-order valence-electron chi connectivity index (χ1n) is 6.04. The van der Waals surface area contributed by atoms with Gasteiger partial charge in [-0.25, -0.2) is 0 Å². The Hall–Kier alpha value is -1.37. The average Bonchev–Trinajstić information content (AvgIpc) is 2.31. The number of benzene rings is 1. The summed E-state index contributed by atoms with van der Waals surface area (Å²) in [6.45, 7) is 10.5. The molecule has 2 aromatic rings. The topological polar surface area (TPSA) is 12.9 Å². The summed E-state index contributed by atoms with van der Waals surface area (Å²) in [5.41, 5.74) is 3.78. The Kier molecular flexibility index (Phi) is 4.48. The van der Waals surface area contributed by atoms with Crippen molar-refractivity contribution in [2.24, 2.45) is 0 Å². The molecule has 0 fully saturated rings. The van der Waals surface area contributed by atoms with Gasteiger partial charge in [0.1, 0.15) is 0 Å². The van der Waals surface area contributed by atoms with Crippen LogP contribution in [0.1, 0.15) is 44.7 Å². The normalized spacial score (nSPS) is 10.1. The quantitative estimate of drug-likeness (QED) is 0.672. The number of hydrogen-bond acceptors (Lipinski definition) is 1. The smallest absolute Gasteiger partial charge is 0.0733 e. The number of rotatable bonds is 1. The van der Waals surface area contributed by atoms with Crippen molar-refractivity contribution in [3.05, 3.63) is 41.6 Å². The number of nitrogens with zero attached hydrogens (tertiary/aromatic N) is 1. The molecule has 16 heavy (non-hydrogen) atoms. The van der Waals surface area contributed by atoms with E-state index in [1.807, 2.05) is 20.0 Å². The second-order valence-electron chi connectivity index (χ2n) is 4.03. The van der Waals surface area contributed by atoms with Crippen LogP contribution in [0.4, 0.5) is 0 Å². The van der Waals surface area contributed by atoms with Crippen molar-refractivity contribution < 1.29 is 0 Å². The standard InChI is InChI=1S/C13H15N.C2H6/c1-9(2)11-7-8-14-13-10(3)5-4-6-12(11)13;1-2/h4-9H,1-3H3;1-2H3. The molecule has 0 bridgehead atoms. The Bertz CT molecular complexity index is 458. The summed E-state index contributed by atoms with van der Waals surface area (Å²) in [4.78, 5) is 4.42. The van der Waals surface area contributed by atoms with Crippen molar-refractivity contribution in [3.63, 3.8) is 0 Å². The lowest BCUT2D eigenvalue weighted by Gasteiger charge is -2.10. The molecule has 0 spiro atoms. The van der Waals surface area contributed by atoms with Crippen molar-refractivity contribution in [2.75, 3.05) is 0 Å². The zero-order valence-electron chi connectivity index (χ0n) is 10.9. The van der Waals surface area contributed by atoms with Gasteiger partial charge in [0.15, 0.2) is 0 Å². The third kappa shape index (κ3) is 2.41. The van der Waals surface area contributed by atoms with Crippen LogP contribution in [-0.4, -0.2) is 4.98 Å². The molecule has 0 aliphatic rings. The molecule has 1 nitrogen and oxygen atoms in total. The molecular weight excluding hydrogens is 194 g/mol. The maximum absolute atomic E-state index is 4.42. The third-order valence-corrected chi connectivity index (χ3v) is 2.63. The average molecular weight is 215 g/mol. The summed E-state index contributed by atoms with van der Waals surface area (Å²) in [6, 6.07) is 8.49. The van der Waals surface area contributed by atoms with E-state index in [2.05, 4.69) is 50.0 Å². The van der Waals surface area contributed by atoms with E-state index in [4.69, 9.17) is 0 Å². The Morgan fingerprint density at radius 1 is 1.06 bits per heavy atom. The lowest BCUT2D eigenvalue weighted by atomic mass is 9.98. The Morgan fingerprint density at radius 3 is 2.38 bits per heavy atom. The van der Waals surface area contributed by atoms with Crippen LogP contribution in [0.3, 0.4) is 0 Å². The van der Waals surface area contributed by atoms with E-state index in [1.54, 1.807) is 0 Å². The van der Waals surface area contributed by atoms with Crippen LogP contribution in [0.5, 0.6) is 0 Å². The molecule has 2 rings (SSSR count). The number of aromatic nitrogens is 1. The first-order chi connectivity index (χ1) is 7.70. The highest BCUT2D eigenvalue weighted by atomic mass is 14.6. The van der Waals surface area contributed by atoms with Crippen molar-refractivity contribution in [1.82, 2.24) is 4.98 Å². The Labute approximate surface area is 98.5 Å². The van der Waals surface area contributed by atoms with Crippen LogP contribution >= 0.6 is 0 Å². The van der Waals surface area contributed by atoms with Crippen LogP contribution in [-0.2, 0) is 0 Å². The zero-order chi connectivity index (χ0) is 12.1. The van der Waals surface area contributed by atoms with Crippen LogP contribution in [0.25, 0.3) is 10.9 Å². The van der Waals surface area contributed by atoms with Gasteiger partial charge in [-0.1, -0.05) is 45.9 Å². The van der Waals surface area contributed by atoms with Crippen molar-refractivity contribution in [1.29, 1.82) is 0 Å². The predicted octanol–water partition coefficient (Wildman–Crippen LogP) is 4.69. The highest BCUT2D eigenvalue weighted by Crippen LogP contribution is 2.25. The van der Waals surface area contributed by atoms with Crippen LogP contribution in [0.15, 0.2) is 30.5 Å². The molecule has 1 aromatic heterocycles. The molecule has 86 valence electrons. The maximum Gasteiger partial charge on any atom is 0.0733 e. The lowest BCUT2D eigenvalue weighted by Crippen LogP contribution is -1.92. The number of pyridine rings is 1. The van der Waals surface area contributed by atoms with E-state index < -0.39 is 0 Å². The first-order valence-corrected chi connectivity index (χ1v) is 6.04. The zero-order valence-corrected chi connectivity index (χ0v) is 10.9. The molecule has 1 heterocycles. The van der Waals surface area contributed by atoms with E-state index in [0.717, 1.165) is 5.52 Å². The molecule has 0 radical (unpaired) electrons. The predicted molar refractivity (Wildman–Crippen MR) is 71.9 cm³/mol. The highest BCUT2D eigenvalue weighted by Gasteiger charge is 2.05. The maximum atomic E-state index is 4.42. The highest BCUT2D eigenvalue weighted by molar-refractivity contribution is 5.85. The van der Waals surface area contributed by atoms with Crippen LogP contribution < -0.4 is 0 Å². The first kappa shape index (κ1) is 12.7. The molecule has 0 atom stereocenters. The summed E-state index contributed by atoms with van der Waals surface area (Å²) in [5, 5.41) is 1.29. The number of fused-ring (bicyclic) bond motifs is 1. The van der Waals surface area contributed by atoms with Crippen molar-refractivity contribution >= 4 is 10.9 Å². The van der Waals surface area contributed by atoms with Gasteiger partial charge in [-0.2, -0.15) is 0 Å². The minimum atomic E-state index is 0.558. The molecule has 0 amide bonds. The summed E-state index contributed by atoms with van der Waals surface area (Å²) < 4.78 is 0. The molecule has 1 heteroatoms. The minimum Gasteiger partial charge on any atom is -0.256 e. The van der Waals surface area contributed by atoms with Gasteiger partial charge in [0.05, 0.1) is 5.52 Å². The molecule has 0 saturated carbocycles. The Balaban J connectivity index is 0.000000606. The number of para-hydroxylation sites is 1. The van der Waals surface area contributed by atoms with E-state index in [0.29, 0.717) is 5.92 Å². The molecular formula is C15H21N. The molecule has 0 saturated heterocycles. The molecule has 0 unspecified atom stereocenters. The monoisotopic (exact) mass is 215 g/mol. The van der Waals surface area contributed by atoms with Crippen molar-refractivity contribution in [2.45, 2.75) is 40.5 Å². The molecule has 0 aliphatic heterocycles. The fourth-order valence-corrected chi connectivity index (χ4v) is 1.85. The lowest BCUT2D eigenvalue weighted by molar-refractivity contribution is 0.874. The summed E-state index contributed by atoms with van der Waals surface area (Å²) in [6.07, 6.45) is 1.91. The minimum absolute atomic E-state index is 0.558. The SMILES string of the molecule is CC.Cc1cccc2c(C(C)C)ccnc12.